The summed E-state index contributed by atoms with van der Waals surface area (Å²) in [5.41, 5.74) is 4.58. The molecule has 1 amide bonds. The van der Waals surface area contributed by atoms with Crippen LogP contribution in [-0.2, 0) is 6.54 Å². The third-order valence-electron chi connectivity index (χ3n) is 5.18. The zero-order valence-electron chi connectivity index (χ0n) is 15.9. The zero-order valence-corrected chi connectivity index (χ0v) is 15.9. The highest BCUT2D eigenvalue weighted by Crippen LogP contribution is 2.26. The van der Waals surface area contributed by atoms with Gasteiger partial charge in [0.25, 0.3) is 0 Å². The smallest absolute Gasteiger partial charge is 0.327 e. The first-order valence-corrected chi connectivity index (χ1v) is 9.39. The van der Waals surface area contributed by atoms with Gasteiger partial charge in [0, 0.05) is 38.3 Å². The number of nitrogens with one attached hydrogen (secondary N) is 1. The fourth-order valence-electron chi connectivity index (χ4n) is 3.47. The van der Waals surface area contributed by atoms with Crippen LogP contribution >= 0.6 is 0 Å². The molecule has 1 aliphatic heterocycles. The number of terminal acetylenes is 1. The van der Waals surface area contributed by atoms with Crippen LogP contribution in [0.25, 0.3) is 11.0 Å². The number of carbonyl (C=O) groups is 1. The lowest BCUT2D eigenvalue weighted by Gasteiger charge is -2.34. The van der Waals surface area contributed by atoms with E-state index in [1.165, 1.54) is 0 Å². The second kappa shape index (κ2) is 7.75. The van der Waals surface area contributed by atoms with E-state index in [0.717, 1.165) is 54.0 Å². The van der Waals surface area contributed by atoms with Crippen molar-refractivity contribution in [3.63, 3.8) is 0 Å². The topological polar surface area (TPSA) is 53.4 Å². The molecule has 1 aliphatic rings. The van der Waals surface area contributed by atoms with Crippen molar-refractivity contribution in [2.45, 2.75) is 6.54 Å². The first-order chi connectivity index (χ1) is 13.7. The molecule has 1 fully saturated rings. The summed E-state index contributed by atoms with van der Waals surface area (Å²) >= 11 is 0. The quantitative estimate of drug-likeness (QED) is 0.717. The molecular formula is C22H23N5O. The molecule has 1 aromatic heterocycles. The van der Waals surface area contributed by atoms with Gasteiger partial charge < -0.3 is 15.1 Å². The van der Waals surface area contributed by atoms with E-state index >= 15 is 0 Å². The number of nitrogens with zero attached hydrogens (tertiary/aromatic N) is 4. The van der Waals surface area contributed by atoms with E-state index in [1.54, 1.807) is 10.9 Å². The highest BCUT2D eigenvalue weighted by molar-refractivity contribution is 5.95. The number of anilines is 1. The van der Waals surface area contributed by atoms with Crippen LogP contribution < -0.4 is 10.2 Å². The van der Waals surface area contributed by atoms with Crippen molar-refractivity contribution in [3.8, 4) is 12.3 Å². The Labute approximate surface area is 164 Å². The second-order valence-corrected chi connectivity index (χ2v) is 7.05. The number of para-hydroxylation sites is 1. The number of likely N-dealkylation sites (N-methyl/N-ethyl adjacent to an activating group) is 1. The number of amides is 1. The number of piperazine rings is 1. The summed E-state index contributed by atoms with van der Waals surface area (Å²) in [6.45, 7) is 4.40. The molecule has 142 valence electrons. The van der Waals surface area contributed by atoms with Gasteiger partial charge >= 0.3 is 6.03 Å². The van der Waals surface area contributed by atoms with E-state index in [4.69, 9.17) is 6.42 Å². The molecule has 0 bridgehead atoms. The van der Waals surface area contributed by atoms with E-state index in [1.807, 2.05) is 36.4 Å². The minimum Gasteiger partial charge on any atom is -0.367 e. The molecule has 3 aromatic rings. The SMILES string of the molecule is C#Cc1ccc(CNC(=O)n2cnc3c(N4CCN(C)CC4)cccc32)cc1. The maximum Gasteiger partial charge on any atom is 0.327 e. The van der Waals surface area contributed by atoms with Crippen LogP contribution in [0.2, 0.25) is 0 Å². The van der Waals surface area contributed by atoms with Crippen molar-refractivity contribution in [2.75, 3.05) is 38.1 Å². The second-order valence-electron chi connectivity index (χ2n) is 7.05. The third-order valence-corrected chi connectivity index (χ3v) is 5.18. The van der Waals surface area contributed by atoms with Crippen molar-refractivity contribution in [1.29, 1.82) is 0 Å². The van der Waals surface area contributed by atoms with Crippen LogP contribution in [0.3, 0.4) is 0 Å². The molecule has 0 atom stereocenters. The van der Waals surface area contributed by atoms with E-state index < -0.39 is 0 Å². The van der Waals surface area contributed by atoms with E-state index in [2.05, 4.69) is 39.1 Å². The van der Waals surface area contributed by atoms with Gasteiger partial charge in [0.2, 0.25) is 0 Å². The van der Waals surface area contributed by atoms with Gasteiger partial charge in [-0.2, -0.15) is 0 Å². The Morgan fingerprint density at radius 1 is 1.14 bits per heavy atom. The summed E-state index contributed by atoms with van der Waals surface area (Å²) in [5.74, 6) is 2.59. The van der Waals surface area contributed by atoms with Gasteiger partial charge in [0.05, 0.1) is 11.2 Å². The number of fused-ring (bicyclic) bond motifs is 1. The number of benzene rings is 2. The molecule has 0 saturated carbocycles. The van der Waals surface area contributed by atoms with Gasteiger partial charge in [-0.25, -0.2) is 9.78 Å². The molecule has 4 rings (SSSR count). The molecule has 0 aliphatic carbocycles. The predicted octanol–water partition coefficient (Wildman–Crippen LogP) is 2.53. The standard InChI is InChI=1S/C22H23N5O/c1-3-17-7-9-18(10-8-17)15-23-22(28)27-16-24-21-19(5-4-6-20(21)27)26-13-11-25(2)12-14-26/h1,4-10,16H,11-15H2,2H3,(H,23,28). The van der Waals surface area contributed by atoms with Crippen LogP contribution in [0.4, 0.5) is 10.5 Å². The maximum atomic E-state index is 12.7. The first kappa shape index (κ1) is 18.1. The Morgan fingerprint density at radius 2 is 1.89 bits per heavy atom. The number of hydrogen-bond donors (Lipinski definition) is 1. The lowest BCUT2D eigenvalue weighted by atomic mass is 10.1. The average molecular weight is 373 g/mol. The van der Waals surface area contributed by atoms with Crippen LogP contribution in [-0.4, -0.2) is 53.7 Å². The molecule has 1 saturated heterocycles. The van der Waals surface area contributed by atoms with E-state index in [0.29, 0.717) is 6.54 Å². The monoisotopic (exact) mass is 373 g/mol. The minimum absolute atomic E-state index is 0.195. The molecule has 2 heterocycles. The Hall–Kier alpha value is -3.30. The van der Waals surface area contributed by atoms with Gasteiger partial charge in [-0.3, -0.25) is 4.57 Å². The highest BCUT2D eigenvalue weighted by atomic mass is 16.2. The summed E-state index contributed by atoms with van der Waals surface area (Å²) in [4.78, 5) is 21.9. The fourth-order valence-corrected chi connectivity index (χ4v) is 3.47. The van der Waals surface area contributed by atoms with Crippen LogP contribution in [0.5, 0.6) is 0 Å². The third kappa shape index (κ3) is 3.57. The molecule has 2 aromatic carbocycles. The molecular weight excluding hydrogens is 350 g/mol. The van der Waals surface area contributed by atoms with Crippen LogP contribution in [0.15, 0.2) is 48.8 Å². The van der Waals surface area contributed by atoms with Gasteiger partial charge in [0.1, 0.15) is 11.8 Å². The summed E-state index contributed by atoms with van der Waals surface area (Å²) < 4.78 is 1.57. The normalized spacial score (nSPS) is 14.8. The van der Waals surface area contributed by atoms with Crippen molar-refractivity contribution < 1.29 is 4.79 Å². The number of rotatable bonds is 3. The van der Waals surface area contributed by atoms with E-state index in [-0.39, 0.29) is 6.03 Å². The van der Waals surface area contributed by atoms with Crippen molar-refractivity contribution >= 4 is 22.8 Å². The minimum atomic E-state index is -0.195. The van der Waals surface area contributed by atoms with Crippen LogP contribution in [0.1, 0.15) is 11.1 Å². The Kier molecular flexibility index (Phi) is 5.00. The Balaban J connectivity index is 1.51. The zero-order chi connectivity index (χ0) is 19.5. The largest absolute Gasteiger partial charge is 0.367 e. The molecule has 0 spiro atoms. The van der Waals surface area contributed by atoms with Gasteiger partial charge in [-0.1, -0.05) is 24.1 Å². The average Bonchev–Trinajstić information content (AvgIpc) is 3.17. The molecule has 6 heteroatoms. The Bertz CT molecular complexity index is 1020. The van der Waals surface area contributed by atoms with Gasteiger partial charge in [-0.15, -0.1) is 6.42 Å². The summed E-state index contributed by atoms with van der Waals surface area (Å²) in [7, 11) is 2.14. The number of aromatic nitrogens is 2. The van der Waals surface area contributed by atoms with Crippen molar-refractivity contribution in [1.82, 2.24) is 19.8 Å². The number of carbonyl (C=O) groups excluding carboxylic acids is 1. The number of hydrogen-bond acceptors (Lipinski definition) is 4. The highest BCUT2D eigenvalue weighted by Gasteiger charge is 2.19. The summed E-state index contributed by atoms with van der Waals surface area (Å²) in [6, 6.07) is 13.4. The van der Waals surface area contributed by atoms with E-state index in [9.17, 15) is 4.79 Å². The molecule has 1 N–H and O–H groups in total. The molecule has 0 radical (unpaired) electrons. The van der Waals surface area contributed by atoms with Gasteiger partial charge in [0.15, 0.2) is 0 Å². The molecule has 6 nitrogen and oxygen atoms in total. The molecule has 28 heavy (non-hydrogen) atoms. The van der Waals surface area contributed by atoms with Crippen LogP contribution in [0, 0.1) is 12.3 Å². The lowest BCUT2D eigenvalue weighted by molar-refractivity contribution is 0.243. The number of imidazole rings is 1. The summed E-state index contributed by atoms with van der Waals surface area (Å²) in [6.07, 6.45) is 6.97. The van der Waals surface area contributed by atoms with Gasteiger partial charge in [-0.05, 0) is 36.9 Å². The molecule has 0 unspecified atom stereocenters. The maximum absolute atomic E-state index is 12.7. The fraction of sp³-hybridized carbons (Fsp3) is 0.273. The predicted molar refractivity (Wildman–Crippen MR) is 111 cm³/mol. The Morgan fingerprint density at radius 3 is 2.61 bits per heavy atom. The first-order valence-electron chi connectivity index (χ1n) is 9.39. The lowest BCUT2D eigenvalue weighted by Crippen LogP contribution is -2.44. The summed E-state index contributed by atoms with van der Waals surface area (Å²) in [5, 5.41) is 2.95. The van der Waals surface area contributed by atoms with Crippen molar-refractivity contribution in [3.05, 3.63) is 59.9 Å². The van der Waals surface area contributed by atoms with Crippen molar-refractivity contribution in [2.24, 2.45) is 0 Å².